The van der Waals surface area contributed by atoms with Crippen LogP contribution in [0.25, 0.3) is 16.9 Å². The fourth-order valence-corrected chi connectivity index (χ4v) is 6.06. The van der Waals surface area contributed by atoms with Crippen molar-refractivity contribution >= 4 is 28.4 Å². The third-order valence-electron chi connectivity index (χ3n) is 8.72. The molecule has 0 aliphatic carbocycles. The van der Waals surface area contributed by atoms with Gasteiger partial charge in [-0.15, -0.1) is 0 Å². The summed E-state index contributed by atoms with van der Waals surface area (Å²) in [5, 5.41) is 5.23. The van der Waals surface area contributed by atoms with E-state index in [1.165, 1.54) is 0 Å². The summed E-state index contributed by atoms with van der Waals surface area (Å²) >= 11 is 0. The Balaban J connectivity index is 1.69. The molecule has 0 aliphatic rings. The van der Waals surface area contributed by atoms with Crippen LogP contribution in [0, 0.1) is 0 Å². The number of carbonyl (C=O) groups is 1. The van der Waals surface area contributed by atoms with Gasteiger partial charge in [0, 0.05) is 56.3 Å². The van der Waals surface area contributed by atoms with Crippen LogP contribution in [0.1, 0.15) is 51.9 Å². The van der Waals surface area contributed by atoms with E-state index in [1.807, 2.05) is 51.8 Å². The van der Waals surface area contributed by atoms with Gasteiger partial charge in [0.25, 0.3) is 0 Å². The maximum Gasteiger partial charge on any atom is 0.192 e. The van der Waals surface area contributed by atoms with Crippen molar-refractivity contribution in [2.45, 2.75) is 84.4 Å². The zero-order valence-corrected chi connectivity index (χ0v) is 27.9. The normalized spacial score (nSPS) is 13.5. The Morgan fingerprint density at radius 2 is 1.46 bits per heavy atom. The molecule has 3 aromatic rings. The van der Waals surface area contributed by atoms with Gasteiger partial charge in [-0.25, -0.2) is 0 Å². The van der Waals surface area contributed by atoms with Crippen molar-refractivity contribution < 1.29 is 13.6 Å². The van der Waals surface area contributed by atoms with Crippen LogP contribution in [0.4, 0.5) is 0 Å². The third-order valence-corrected chi connectivity index (χ3v) is 17.8. The fourth-order valence-electron chi connectivity index (χ4n) is 3.99. The summed E-state index contributed by atoms with van der Waals surface area (Å²) in [7, 11) is -3.61. The van der Waals surface area contributed by atoms with Crippen LogP contribution in [-0.4, -0.2) is 74.9 Å². The summed E-state index contributed by atoms with van der Waals surface area (Å²) in [4.78, 5) is 14.2. The second-order valence-corrected chi connectivity index (χ2v) is 23.2. The molecule has 0 N–H and O–H groups in total. The van der Waals surface area contributed by atoms with Crippen molar-refractivity contribution in [3.63, 3.8) is 0 Å². The van der Waals surface area contributed by atoms with E-state index in [0.717, 1.165) is 62.6 Å². The molecule has 3 heterocycles. The van der Waals surface area contributed by atoms with E-state index in [2.05, 4.69) is 72.6 Å². The standard InChI is InChI=1S/C30H50N4O3Si2/c1-29(2,3)38(7,8)36-21-19-32(20-22-37-39(9,10)30(4,5)6)17-18-33-16-14-27(31-33)28-25(24-35)23-26-13-11-12-15-34(26)28/h11-16,23-24H,17-22H2,1-10H3. The molecule has 216 valence electrons. The molecule has 7 nitrogen and oxygen atoms in total. The van der Waals surface area contributed by atoms with Crippen molar-refractivity contribution in [2.24, 2.45) is 0 Å². The van der Waals surface area contributed by atoms with Gasteiger partial charge in [-0.2, -0.15) is 5.10 Å². The highest BCUT2D eigenvalue weighted by atomic mass is 28.4. The second kappa shape index (κ2) is 12.2. The SMILES string of the molecule is CC(C)(C)[Si](C)(C)OCCN(CCO[Si](C)(C)C(C)(C)C)CCn1ccc(-c2c(C=O)cc3ccccn23)n1. The molecule has 0 atom stereocenters. The maximum atomic E-state index is 11.8. The number of nitrogens with zero attached hydrogens (tertiary/aromatic N) is 4. The molecule has 0 radical (unpaired) electrons. The molecule has 0 aliphatic heterocycles. The van der Waals surface area contributed by atoms with Crippen molar-refractivity contribution in [3.8, 4) is 11.4 Å². The Kier molecular flexibility index (Phi) is 9.86. The number of hydrogen-bond acceptors (Lipinski definition) is 5. The summed E-state index contributed by atoms with van der Waals surface area (Å²) in [5.41, 5.74) is 3.27. The first-order chi connectivity index (χ1) is 18.1. The van der Waals surface area contributed by atoms with Gasteiger partial charge in [0.1, 0.15) is 5.69 Å². The second-order valence-electron chi connectivity index (χ2n) is 13.6. The Labute approximate surface area is 237 Å². The highest BCUT2D eigenvalue weighted by Gasteiger charge is 2.38. The zero-order chi connectivity index (χ0) is 29.1. The molecule has 0 fully saturated rings. The summed E-state index contributed by atoms with van der Waals surface area (Å²) in [6, 6.07) is 9.85. The predicted molar refractivity (Wildman–Crippen MR) is 167 cm³/mol. The largest absolute Gasteiger partial charge is 0.416 e. The Bertz CT molecular complexity index is 1200. The lowest BCUT2D eigenvalue weighted by atomic mass is 10.2. The van der Waals surface area contributed by atoms with E-state index in [1.54, 1.807) is 0 Å². The van der Waals surface area contributed by atoms with Crippen molar-refractivity contribution in [2.75, 3.05) is 32.8 Å². The summed E-state index contributed by atoms with van der Waals surface area (Å²) in [6.45, 7) is 27.7. The molecule has 0 spiro atoms. The molecule has 0 unspecified atom stereocenters. The van der Waals surface area contributed by atoms with Gasteiger partial charge in [0.15, 0.2) is 22.9 Å². The van der Waals surface area contributed by atoms with Gasteiger partial charge in [-0.05, 0) is 60.5 Å². The molecule has 9 heteroatoms. The van der Waals surface area contributed by atoms with E-state index < -0.39 is 16.6 Å². The number of hydrogen-bond donors (Lipinski definition) is 0. The average Bonchev–Trinajstić information content (AvgIpc) is 3.44. The molecule has 0 saturated heterocycles. The lowest BCUT2D eigenvalue weighted by Crippen LogP contribution is -2.45. The summed E-state index contributed by atoms with van der Waals surface area (Å²) in [5.74, 6) is 0. The van der Waals surface area contributed by atoms with Crippen LogP contribution >= 0.6 is 0 Å². The molecule has 39 heavy (non-hydrogen) atoms. The quantitative estimate of drug-likeness (QED) is 0.164. The van der Waals surface area contributed by atoms with E-state index in [4.69, 9.17) is 14.0 Å². The highest BCUT2D eigenvalue weighted by molar-refractivity contribution is 6.74. The van der Waals surface area contributed by atoms with Gasteiger partial charge in [-0.1, -0.05) is 47.6 Å². The van der Waals surface area contributed by atoms with Crippen LogP contribution in [-0.2, 0) is 15.4 Å². The molecule has 0 aromatic carbocycles. The van der Waals surface area contributed by atoms with Gasteiger partial charge in [0.05, 0.1) is 12.2 Å². The van der Waals surface area contributed by atoms with Crippen molar-refractivity contribution in [3.05, 3.63) is 48.3 Å². The lowest BCUT2D eigenvalue weighted by Gasteiger charge is -2.38. The van der Waals surface area contributed by atoms with Crippen LogP contribution in [0.15, 0.2) is 42.7 Å². The molecular formula is C30H50N4O3Si2. The van der Waals surface area contributed by atoms with E-state index in [9.17, 15) is 4.79 Å². The predicted octanol–water partition coefficient (Wildman–Crippen LogP) is 6.96. The number of aromatic nitrogens is 3. The maximum absolute atomic E-state index is 11.8. The van der Waals surface area contributed by atoms with Crippen LogP contribution in [0.3, 0.4) is 0 Å². The highest BCUT2D eigenvalue weighted by Crippen LogP contribution is 2.37. The molecule has 0 amide bonds. The molecule has 3 aromatic heterocycles. The van der Waals surface area contributed by atoms with Gasteiger partial charge < -0.3 is 13.3 Å². The average molecular weight is 571 g/mol. The minimum Gasteiger partial charge on any atom is -0.416 e. The van der Waals surface area contributed by atoms with Crippen LogP contribution in [0.5, 0.6) is 0 Å². The first-order valence-corrected chi connectivity index (χ1v) is 20.0. The molecular weight excluding hydrogens is 521 g/mol. The number of fused-ring (bicyclic) bond motifs is 1. The minimum atomic E-state index is -1.80. The number of aldehydes is 1. The smallest absolute Gasteiger partial charge is 0.192 e. The third kappa shape index (κ3) is 7.79. The number of rotatable bonds is 13. The van der Waals surface area contributed by atoms with Gasteiger partial charge >= 0.3 is 0 Å². The Morgan fingerprint density at radius 3 is 2.00 bits per heavy atom. The Morgan fingerprint density at radius 1 is 0.872 bits per heavy atom. The van der Waals surface area contributed by atoms with Crippen LogP contribution < -0.4 is 0 Å². The van der Waals surface area contributed by atoms with Crippen LogP contribution in [0.2, 0.25) is 36.3 Å². The van der Waals surface area contributed by atoms with Gasteiger partial charge in [-0.3, -0.25) is 14.4 Å². The first-order valence-electron chi connectivity index (χ1n) is 14.2. The summed E-state index contributed by atoms with van der Waals surface area (Å²) in [6.07, 6.45) is 4.89. The topological polar surface area (TPSA) is 61.0 Å². The lowest BCUT2D eigenvalue weighted by molar-refractivity contribution is 0.112. The van der Waals surface area contributed by atoms with E-state index in [0.29, 0.717) is 5.56 Å². The minimum absolute atomic E-state index is 0.193. The van der Waals surface area contributed by atoms with E-state index >= 15 is 0 Å². The molecule has 3 rings (SSSR count). The summed E-state index contributed by atoms with van der Waals surface area (Å²) < 4.78 is 17.0. The Hall–Kier alpha value is -2.05. The molecule has 0 bridgehead atoms. The van der Waals surface area contributed by atoms with Crippen molar-refractivity contribution in [1.82, 2.24) is 19.1 Å². The monoisotopic (exact) mass is 570 g/mol. The first kappa shape index (κ1) is 31.5. The number of pyridine rings is 1. The fraction of sp³-hybridized carbons (Fsp3) is 0.600. The van der Waals surface area contributed by atoms with E-state index in [-0.39, 0.29) is 10.1 Å². The zero-order valence-electron chi connectivity index (χ0n) is 25.9. The van der Waals surface area contributed by atoms with Gasteiger partial charge in [0.2, 0.25) is 0 Å². The molecule has 0 saturated carbocycles. The van der Waals surface area contributed by atoms with Crippen molar-refractivity contribution in [1.29, 1.82) is 0 Å². The number of carbonyl (C=O) groups excluding carboxylic acids is 1.